The third-order valence-corrected chi connectivity index (χ3v) is 4.35. The van der Waals surface area contributed by atoms with Crippen molar-refractivity contribution in [3.63, 3.8) is 0 Å². The molecule has 2 nitrogen and oxygen atoms in total. The minimum Gasteiger partial charge on any atom is -0.305 e. The van der Waals surface area contributed by atoms with Crippen LogP contribution >= 0.6 is 0 Å². The molecule has 2 fully saturated rings. The smallest absolute Gasteiger partial charge is 0.0234 e. The van der Waals surface area contributed by atoms with Gasteiger partial charge >= 0.3 is 0 Å². The van der Waals surface area contributed by atoms with Crippen LogP contribution < -0.4 is 0 Å². The molecule has 0 aromatic heterocycles. The molecule has 2 aliphatic heterocycles. The SMILES string of the molecule is CC.CC(C)c1cccc(CN2CC3(CN(C)C3)C2)c1. The number of likely N-dealkylation sites (tertiary alicyclic amines) is 2. The average molecular weight is 274 g/mol. The van der Waals surface area contributed by atoms with Crippen LogP contribution in [0.15, 0.2) is 24.3 Å². The first-order valence-corrected chi connectivity index (χ1v) is 8.06. The highest BCUT2D eigenvalue weighted by molar-refractivity contribution is 5.26. The van der Waals surface area contributed by atoms with Crippen molar-refractivity contribution >= 4 is 0 Å². The lowest BCUT2D eigenvalue weighted by Crippen LogP contribution is -2.70. The molecule has 0 unspecified atom stereocenters. The van der Waals surface area contributed by atoms with Gasteiger partial charge in [0.15, 0.2) is 0 Å². The second-order valence-electron chi connectivity index (χ2n) is 6.72. The number of rotatable bonds is 3. The second kappa shape index (κ2) is 6.28. The molecule has 0 aliphatic carbocycles. The first-order chi connectivity index (χ1) is 9.56. The summed E-state index contributed by atoms with van der Waals surface area (Å²) in [6.07, 6.45) is 0. The van der Waals surface area contributed by atoms with Gasteiger partial charge in [0.1, 0.15) is 0 Å². The fourth-order valence-corrected chi connectivity index (χ4v) is 3.62. The van der Waals surface area contributed by atoms with Gasteiger partial charge in [-0.2, -0.15) is 0 Å². The molecule has 2 heteroatoms. The fraction of sp³-hybridized carbons (Fsp3) is 0.667. The Bertz CT molecular complexity index is 425. The lowest BCUT2D eigenvalue weighted by Gasteiger charge is -2.59. The summed E-state index contributed by atoms with van der Waals surface area (Å²) in [5.74, 6) is 0.632. The highest BCUT2D eigenvalue weighted by Gasteiger charge is 2.49. The Morgan fingerprint density at radius 1 is 1.10 bits per heavy atom. The lowest BCUT2D eigenvalue weighted by atomic mass is 9.73. The Morgan fingerprint density at radius 2 is 1.75 bits per heavy atom. The van der Waals surface area contributed by atoms with Gasteiger partial charge in [0.05, 0.1) is 0 Å². The largest absolute Gasteiger partial charge is 0.305 e. The van der Waals surface area contributed by atoms with Gasteiger partial charge in [-0.25, -0.2) is 0 Å². The topological polar surface area (TPSA) is 6.48 Å². The van der Waals surface area contributed by atoms with E-state index in [-0.39, 0.29) is 0 Å². The zero-order valence-electron chi connectivity index (χ0n) is 13.8. The van der Waals surface area contributed by atoms with Crippen LogP contribution in [0, 0.1) is 5.41 Å². The normalized spacial score (nSPS) is 21.1. The molecule has 0 N–H and O–H groups in total. The summed E-state index contributed by atoms with van der Waals surface area (Å²) in [6, 6.07) is 9.09. The Balaban J connectivity index is 0.000000704. The molecule has 0 atom stereocenters. The van der Waals surface area contributed by atoms with Gasteiger partial charge < -0.3 is 4.90 Å². The number of benzene rings is 1. The summed E-state index contributed by atoms with van der Waals surface area (Å²) >= 11 is 0. The zero-order chi connectivity index (χ0) is 14.8. The van der Waals surface area contributed by atoms with Crippen molar-refractivity contribution in [2.75, 3.05) is 33.2 Å². The van der Waals surface area contributed by atoms with Gasteiger partial charge in [-0.05, 0) is 24.1 Å². The molecular weight excluding hydrogens is 244 g/mol. The summed E-state index contributed by atoms with van der Waals surface area (Å²) in [5, 5.41) is 0. The van der Waals surface area contributed by atoms with Crippen molar-refractivity contribution in [3.8, 4) is 0 Å². The fourth-order valence-electron chi connectivity index (χ4n) is 3.62. The predicted octanol–water partition coefficient (Wildman–Crippen LogP) is 3.58. The summed E-state index contributed by atoms with van der Waals surface area (Å²) < 4.78 is 0. The molecule has 2 aliphatic rings. The van der Waals surface area contributed by atoms with Crippen LogP contribution in [-0.4, -0.2) is 43.0 Å². The third kappa shape index (κ3) is 3.24. The summed E-state index contributed by atoms with van der Waals surface area (Å²) in [5.41, 5.74) is 3.60. The predicted molar refractivity (Wildman–Crippen MR) is 87.1 cm³/mol. The zero-order valence-corrected chi connectivity index (χ0v) is 13.8. The van der Waals surface area contributed by atoms with Crippen LogP contribution in [0.4, 0.5) is 0 Å². The first kappa shape index (κ1) is 15.5. The number of nitrogens with zero attached hydrogens (tertiary/aromatic N) is 2. The maximum absolute atomic E-state index is 2.59. The van der Waals surface area contributed by atoms with E-state index in [9.17, 15) is 0 Å². The van der Waals surface area contributed by atoms with E-state index >= 15 is 0 Å². The quantitative estimate of drug-likeness (QED) is 0.831. The second-order valence-corrected chi connectivity index (χ2v) is 6.72. The van der Waals surface area contributed by atoms with Crippen molar-refractivity contribution in [1.29, 1.82) is 0 Å². The van der Waals surface area contributed by atoms with Gasteiger partial charge in [0.2, 0.25) is 0 Å². The lowest BCUT2D eigenvalue weighted by molar-refractivity contribution is -0.107. The molecule has 0 radical (unpaired) electrons. The van der Waals surface area contributed by atoms with Crippen molar-refractivity contribution in [2.45, 2.75) is 40.2 Å². The third-order valence-electron chi connectivity index (χ3n) is 4.35. The summed E-state index contributed by atoms with van der Waals surface area (Å²) in [4.78, 5) is 5.02. The average Bonchev–Trinajstić information content (AvgIpc) is 2.37. The Hall–Kier alpha value is -0.860. The molecule has 112 valence electrons. The monoisotopic (exact) mass is 274 g/mol. The molecule has 1 aromatic rings. The standard InChI is InChI=1S/C16H24N2.C2H6/c1-13(2)15-6-4-5-14(7-15)8-18-11-16(12-18)9-17(3)10-16;1-2/h4-7,13H,8-12H2,1-3H3;1-2H3. The van der Waals surface area contributed by atoms with Crippen LogP contribution in [0.1, 0.15) is 44.7 Å². The highest BCUT2D eigenvalue weighted by atomic mass is 15.3. The van der Waals surface area contributed by atoms with Gasteiger partial charge in [0.25, 0.3) is 0 Å². The number of hydrogen-bond acceptors (Lipinski definition) is 2. The van der Waals surface area contributed by atoms with E-state index in [1.165, 1.54) is 37.3 Å². The highest BCUT2D eigenvalue weighted by Crippen LogP contribution is 2.39. The minimum atomic E-state index is 0.632. The van der Waals surface area contributed by atoms with E-state index in [4.69, 9.17) is 0 Å². The molecule has 0 bridgehead atoms. The Morgan fingerprint density at radius 3 is 2.30 bits per heavy atom. The molecule has 2 heterocycles. The molecule has 20 heavy (non-hydrogen) atoms. The Labute approximate surface area is 124 Å². The first-order valence-electron chi connectivity index (χ1n) is 8.06. The summed E-state index contributed by atoms with van der Waals surface area (Å²) in [6.45, 7) is 14.9. The molecule has 1 aromatic carbocycles. The Kier molecular flexibility index (Phi) is 4.87. The molecular formula is C18H30N2. The summed E-state index contributed by atoms with van der Waals surface area (Å²) in [7, 11) is 2.22. The minimum absolute atomic E-state index is 0.632. The molecule has 3 rings (SSSR count). The molecule has 2 saturated heterocycles. The van der Waals surface area contributed by atoms with Gasteiger partial charge in [-0.1, -0.05) is 52.0 Å². The maximum atomic E-state index is 2.59. The molecule has 1 spiro atoms. The van der Waals surface area contributed by atoms with Gasteiger partial charge in [-0.3, -0.25) is 4.90 Å². The molecule has 0 amide bonds. The number of hydrogen-bond donors (Lipinski definition) is 0. The van der Waals surface area contributed by atoms with E-state index in [0.29, 0.717) is 11.3 Å². The van der Waals surface area contributed by atoms with E-state index in [1.54, 1.807) is 0 Å². The van der Waals surface area contributed by atoms with E-state index in [0.717, 1.165) is 6.54 Å². The van der Waals surface area contributed by atoms with E-state index in [2.05, 4.69) is 55.0 Å². The van der Waals surface area contributed by atoms with Crippen molar-refractivity contribution < 1.29 is 0 Å². The van der Waals surface area contributed by atoms with Crippen LogP contribution in [0.3, 0.4) is 0 Å². The van der Waals surface area contributed by atoms with Crippen molar-refractivity contribution in [2.24, 2.45) is 5.41 Å². The van der Waals surface area contributed by atoms with Crippen LogP contribution in [0.2, 0.25) is 0 Å². The molecule has 0 saturated carbocycles. The van der Waals surface area contributed by atoms with Gasteiger partial charge in [-0.15, -0.1) is 0 Å². The van der Waals surface area contributed by atoms with Crippen molar-refractivity contribution in [3.05, 3.63) is 35.4 Å². The van der Waals surface area contributed by atoms with Crippen LogP contribution in [0.5, 0.6) is 0 Å². The van der Waals surface area contributed by atoms with Crippen molar-refractivity contribution in [1.82, 2.24) is 9.80 Å². The van der Waals surface area contributed by atoms with Crippen LogP contribution in [0.25, 0.3) is 0 Å². The van der Waals surface area contributed by atoms with E-state index < -0.39 is 0 Å². The van der Waals surface area contributed by atoms with E-state index in [1.807, 2.05) is 13.8 Å². The van der Waals surface area contributed by atoms with Gasteiger partial charge in [0, 0.05) is 38.1 Å². The maximum Gasteiger partial charge on any atom is 0.0234 e. The van der Waals surface area contributed by atoms with Crippen LogP contribution in [-0.2, 0) is 6.54 Å².